The van der Waals surface area contributed by atoms with Gasteiger partial charge < -0.3 is 9.84 Å². The number of thioether (sulfide) groups is 1. The fourth-order valence-corrected chi connectivity index (χ4v) is 3.15. The van der Waals surface area contributed by atoms with Gasteiger partial charge in [0.1, 0.15) is 0 Å². The van der Waals surface area contributed by atoms with Crippen LogP contribution in [0.5, 0.6) is 0 Å². The highest BCUT2D eigenvalue weighted by atomic mass is 32.2. The van der Waals surface area contributed by atoms with Crippen LogP contribution in [0.4, 0.5) is 0 Å². The first-order chi connectivity index (χ1) is 7.77. The summed E-state index contributed by atoms with van der Waals surface area (Å²) >= 11 is 1.82. The molecule has 1 aromatic carbocycles. The molecule has 1 saturated heterocycles. The number of aliphatic hydroxyl groups excluding tert-OH is 1. The third kappa shape index (κ3) is 3.00. The molecule has 0 spiro atoms. The van der Waals surface area contributed by atoms with Gasteiger partial charge >= 0.3 is 0 Å². The second-order valence-corrected chi connectivity index (χ2v) is 5.44. The van der Waals surface area contributed by atoms with E-state index in [1.54, 1.807) is 0 Å². The zero-order valence-electron chi connectivity index (χ0n) is 9.50. The molecule has 2 nitrogen and oxygen atoms in total. The lowest BCUT2D eigenvalue weighted by Crippen LogP contribution is -2.15. The Morgan fingerprint density at radius 3 is 2.81 bits per heavy atom. The molecule has 2 rings (SSSR count). The molecule has 88 valence electrons. The van der Waals surface area contributed by atoms with Crippen LogP contribution in [0.2, 0.25) is 0 Å². The highest BCUT2D eigenvalue weighted by Gasteiger charge is 2.25. The van der Waals surface area contributed by atoms with Crippen molar-refractivity contribution in [2.24, 2.45) is 0 Å². The van der Waals surface area contributed by atoms with Gasteiger partial charge in [-0.05, 0) is 18.9 Å². The van der Waals surface area contributed by atoms with Crippen molar-refractivity contribution in [2.75, 3.05) is 12.4 Å². The molecule has 0 aliphatic carbocycles. The summed E-state index contributed by atoms with van der Waals surface area (Å²) in [6.45, 7) is 2.97. The van der Waals surface area contributed by atoms with E-state index >= 15 is 0 Å². The number of rotatable bonds is 4. The minimum absolute atomic E-state index is 0.327. The monoisotopic (exact) mass is 238 g/mol. The van der Waals surface area contributed by atoms with Crippen molar-refractivity contribution < 1.29 is 9.84 Å². The SMILES string of the molecule is CC1OCCC1SCC(O)c1ccccc1. The van der Waals surface area contributed by atoms with E-state index in [1.165, 1.54) is 0 Å². The van der Waals surface area contributed by atoms with Gasteiger partial charge in [0.2, 0.25) is 0 Å². The van der Waals surface area contributed by atoms with Crippen molar-refractivity contribution in [3.8, 4) is 0 Å². The summed E-state index contributed by atoms with van der Waals surface area (Å²) in [5.41, 5.74) is 1.00. The predicted molar refractivity (Wildman–Crippen MR) is 67.7 cm³/mol. The van der Waals surface area contributed by atoms with Crippen molar-refractivity contribution in [1.29, 1.82) is 0 Å². The molecule has 16 heavy (non-hydrogen) atoms. The molecule has 1 aliphatic rings. The molecule has 1 aliphatic heterocycles. The van der Waals surface area contributed by atoms with Crippen molar-refractivity contribution >= 4 is 11.8 Å². The van der Waals surface area contributed by atoms with Crippen molar-refractivity contribution in [3.63, 3.8) is 0 Å². The maximum atomic E-state index is 10.0. The molecule has 0 bridgehead atoms. The first kappa shape index (κ1) is 12.0. The van der Waals surface area contributed by atoms with Gasteiger partial charge in [-0.15, -0.1) is 0 Å². The topological polar surface area (TPSA) is 29.5 Å². The average Bonchev–Trinajstić information content (AvgIpc) is 2.73. The lowest BCUT2D eigenvalue weighted by atomic mass is 10.1. The lowest BCUT2D eigenvalue weighted by Gasteiger charge is -2.16. The van der Waals surface area contributed by atoms with Gasteiger partial charge in [0.15, 0.2) is 0 Å². The minimum Gasteiger partial charge on any atom is -0.388 e. The molecule has 0 radical (unpaired) electrons. The molecular formula is C13H18O2S. The van der Waals surface area contributed by atoms with Gasteiger partial charge in [0.25, 0.3) is 0 Å². The first-order valence-corrected chi connectivity index (χ1v) is 6.78. The Bertz CT molecular complexity index is 315. The number of ether oxygens (including phenoxy) is 1. The van der Waals surface area contributed by atoms with Crippen LogP contribution in [0.1, 0.15) is 25.0 Å². The molecule has 1 N–H and O–H groups in total. The summed E-state index contributed by atoms with van der Waals surface area (Å²) in [4.78, 5) is 0. The fourth-order valence-electron chi connectivity index (χ4n) is 1.92. The Hall–Kier alpha value is -0.510. The van der Waals surface area contributed by atoms with Gasteiger partial charge in [0.05, 0.1) is 12.2 Å². The molecule has 0 aromatic heterocycles. The molecular weight excluding hydrogens is 220 g/mol. The Labute approximate surface area is 101 Å². The van der Waals surface area contributed by atoms with Crippen LogP contribution in [0.3, 0.4) is 0 Å². The normalized spacial score (nSPS) is 26.9. The smallest absolute Gasteiger partial charge is 0.0880 e. The Morgan fingerprint density at radius 1 is 1.44 bits per heavy atom. The Kier molecular flexibility index (Phi) is 4.27. The highest BCUT2D eigenvalue weighted by Crippen LogP contribution is 2.29. The van der Waals surface area contributed by atoms with Gasteiger partial charge in [-0.3, -0.25) is 0 Å². The number of benzene rings is 1. The minimum atomic E-state index is -0.362. The molecule has 0 saturated carbocycles. The second-order valence-electron chi connectivity index (χ2n) is 4.16. The van der Waals surface area contributed by atoms with E-state index in [0.717, 1.165) is 24.3 Å². The van der Waals surface area contributed by atoms with Gasteiger partial charge in [-0.2, -0.15) is 11.8 Å². The van der Waals surface area contributed by atoms with Crippen molar-refractivity contribution in [3.05, 3.63) is 35.9 Å². The molecule has 3 unspecified atom stereocenters. The van der Waals surface area contributed by atoms with Crippen molar-refractivity contribution in [2.45, 2.75) is 30.8 Å². The van der Waals surface area contributed by atoms with E-state index < -0.39 is 0 Å². The largest absolute Gasteiger partial charge is 0.388 e. The summed E-state index contributed by atoms with van der Waals surface area (Å²) in [5, 5.41) is 10.5. The lowest BCUT2D eigenvalue weighted by molar-refractivity contribution is 0.127. The van der Waals surface area contributed by atoms with E-state index in [0.29, 0.717) is 11.4 Å². The predicted octanol–water partition coefficient (Wildman–Crippen LogP) is 2.63. The highest BCUT2D eigenvalue weighted by molar-refractivity contribution is 8.00. The number of hydrogen-bond donors (Lipinski definition) is 1. The van der Waals surface area contributed by atoms with Gasteiger partial charge in [-0.25, -0.2) is 0 Å². The van der Waals surface area contributed by atoms with Crippen LogP contribution in [0.15, 0.2) is 30.3 Å². The van der Waals surface area contributed by atoms with E-state index in [-0.39, 0.29) is 6.10 Å². The van der Waals surface area contributed by atoms with E-state index in [1.807, 2.05) is 42.1 Å². The zero-order valence-corrected chi connectivity index (χ0v) is 10.3. The maximum Gasteiger partial charge on any atom is 0.0880 e. The third-order valence-corrected chi connectivity index (χ3v) is 4.51. The molecule has 0 amide bonds. The van der Waals surface area contributed by atoms with Crippen LogP contribution >= 0.6 is 11.8 Å². The van der Waals surface area contributed by atoms with E-state index in [2.05, 4.69) is 6.92 Å². The quantitative estimate of drug-likeness (QED) is 0.874. The van der Waals surface area contributed by atoms with Crippen LogP contribution in [0, 0.1) is 0 Å². The van der Waals surface area contributed by atoms with E-state index in [4.69, 9.17) is 4.74 Å². The summed E-state index contributed by atoms with van der Waals surface area (Å²) < 4.78 is 5.50. The third-order valence-electron chi connectivity index (χ3n) is 2.96. The summed E-state index contributed by atoms with van der Waals surface area (Å²) in [6, 6.07) is 9.84. The first-order valence-electron chi connectivity index (χ1n) is 5.73. The van der Waals surface area contributed by atoms with Gasteiger partial charge in [0, 0.05) is 17.6 Å². The molecule has 1 heterocycles. The van der Waals surface area contributed by atoms with Crippen LogP contribution in [-0.2, 0) is 4.74 Å². The second kappa shape index (κ2) is 5.71. The number of aliphatic hydroxyl groups is 1. The van der Waals surface area contributed by atoms with Crippen LogP contribution < -0.4 is 0 Å². The Morgan fingerprint density at radius 2 is 2.19 bits per heavy atom. The molecule has 3 atom stereocenters. The summed E-state index contributed by atoms with van der Waals surface area (Å²) in [6.07, 6.45) is 1.07. The summed E-state index contributed by atoms with van der Waals surface area (Å²) in [5.74, 6) is 0.752. The van der Waals surface area contributed by atoms with Crippen LogP contribution in [-0.4, -0.2) is 28.8 Å². The van der Waals surface area contributed by atoms with Crippen LogP contribution in [0.25, 0.3) is 0 Å². The van der Waals surface area contributed by atoms with Crippen molar-refractivity contribution in [1.82, 2.24) is 0 Å². The molecule has 1 fully saturated rings. The Balaban J connectivity index is 1.82. The standard InChI is InChI=1S/C13H18O2S/c1-10-13(7-8-15-10)16-9-12(14)11-5-3-2-4-6-11/h2-6,10,12-14H,7-9H2,1H3. The maximum absolute atomic E-state index is 10.0. The van der Waals surface area contributed by atoms with Gasteiger partial charge in [-0.1, -0.05) is 30.3 Å². The summed E-state index contributed by atoms with van der Waals surface area (Å²) in [7, 11) is 0. The zero-order chi connectivity index (χ0) is 11.4. The average molecular weight is 238 g/mol. The molecule has 3 heteroatoms. The van der Waals surface area contributed by atoms with E-state index in [9.17, 15) is 5.11 Å². The fraction of sp³-hybridized carbons (Fsp3) is 0.538. The molecule has 1 aromatic rings. The number of hydrogen-bond acceptors (Lipinski definition) is 3.